The summed E-state index contributed by atoms with van der Waals surface area (Å²) in [5.41, 5.74) is 2.41. The molecule has 176 valence electrons. The molecular weight excluding hydrogens is 434 g/mol. The second kappa shape index (κ2) is 11.1. The van der Waals surface area contributed by atoms with E-state index in [0.29, 0.717) is 11.3 Å². The molecule has 3 aromatic carbocycles. The number of carboxylic acids is 1. The largest absolute Gasteiger partial charge is 0.490 e. The highest BCUT2D eigenvalue weighted by molar-refractivity contribution is 5.95. The molecule has 3 rings (SSSR count). The molecule has 0 amide bonds. The minimum atomic E-state index is -1.21. The quantitative estimate of drug-likeness (QED) is 0.152. The number of esters is 1. The first-order chi connectivity index (χ1) is 16.2. The third-order valence-electron chi connectivity index (χ3n) is 4.89. The van der Waals surface area contributed by atoms with Crippen LogP contribution in [0.2, 0.25) is 0 Å². The number of oxime groups is 1. The minimum Gasteiger partial charge on any atom is -0.490 e. The van der Waals surface area contributed by atoms with E-state index in [1.165, 1.54) is 23.8 Å². The average molecular weight is 462 g/mol. The van der Waals surface area contributed by atoms with Crippen molar-refractivity contribution in [1.29, 1.82) is 0 Å². The van der Waals surface area contributed by atoms with Crippen molar-refractivity contribution in [3.05, 3.63) is 95.1 Å². The van der Waals surface area contributed by atoms with Gasteiger partial charge in [-0.1, -0.05) is 68.4 Å². The van der Waals surface area contributed by atoms with Gasteiger partial charge in [0, 0.05) is 6.07 Å². The van der Waals surface area contributed by atoms with Gasteiger partial charge in [-0.05, 0) is 40.8 Å². The Labute approximate surface area is 198 Å². The highest BCUT2D eigenvalue weighted by atomic mass is 16.6. The smallest absolute Gasteiger partial charge is 0.343 e. The summed E-state index contributed by atoms with van der Waals surface area (Å²) in [6, 6.07) is 20.6. The molecule has 3 aromatic rings. The van der Waals surface area contributed by atoms with Crippen molar-refractivity contribution in [3.8, 4) is 11.5 Å². The molecule has 0 saturated carbocycles. The molecule has 0 saturated heterocycles. The van der Waals surface area contributed by atoms with Crippen molar-refractivity contribution < 1.29 is 29.0 Å². The molecule has 0 fully saturated rings. The van der Waals surface area contributed by atoms with Gasteiger partial charge >= 0.3 is 11.9 Å². The number of nitrogens with zero attached hydrogens (tertiary/aromatic N) is 1. The maximum atomic E-state index is 12.3. The first kappa shape index (κ1) is 24.5. The molecule has 1 N–H and O–H groups in total. The standard InChI is InChI=1S/C27H27NO6/c1-27(2,3)21-11-9-19(10-12-21)18-28-33-16-15-32-22-13-14-23(25(29)30)24(17-22)34-26(31)20-7-5-4-6-8-20/h4-14,17-18H,15-16H2,1-3H3,(H,29,30)/b28-18+. The molecule has 34 heavy (non-hydrogen) atoms. The van der Waals surface area contributed by atoms with Crippen LogP contribution in [0, 0.1) is 0 Å². The Hall–Kier alpha value is -4.13. The van der Waals surface area contributed by atoms with Crippen LogP contribution in [0.4, 0.5) is 0 Å². The molecule has 7 heteroatoms. The zero-order chi connectivity index (χ0) is 24.6. The number of ether oxygens (including phenoxy) is 2. The van der Waals surface area contributed by atoms with Crippen LogP contribution in [0.3, 0.4) is 0 Å². The Morgan fingerprint density at radius 3 is 2.29 bits per heavy atom. The van der Waals surface area contributed by atoms with Crippen molar-refractivity contribution in [3.63, 3.8) is 0 Å². The van der Waals surface area contributed by atoms with E-state index in [2.05, 4.69) is 38.1 Å². The number of carbonyl (C=O) groups excluding carboxylic acids is 1. The Kier molecular flexibility index (Phi) is 8.03. The summed E-state index contributed by atoms with van der Waals surface area (Å²) in [4.78, 5) is 29.1. The SMILES string of the molecule is CC(C)(C)c1ccc(/C=N/OCCOc2ccc(C(=O)O)c(OC(=O)c3ccccc3)c2)cc1. The van der Waals surface area contributed by atoms with Crippen LogP contribution in [0.1, 0.15) is 52.6 Å². The molecule has 0 radical (unpaired) electrons. The fourth-order valence-electron chi connectivity index (χ4n) is 3.00. The number of benzene rings is 3. The highest BCUT2D eigenvalue weighted by Crippen LogP contribution is 2.26. The third kappa shape index (κ3) is 6.93. The van der Waals surface area contributed by atoms with Crippen LogP contribution in [-0.2, 0) is 10.3 Å². The van der Waals surface area contributed by atoms with Gasteiger partial charge < -0.3 is 19.4 Å². The lowest BCUT2D eigenvalue weighted by atomic mass is 9.87. The number of carboxylic acid groups (broad SMARTS) is 1. The summed E-state index contributed by atoms with van der Waals surface area (Å²) >= 11 is 0. The second-order valence-corrected chi connectivity index (χ2v) is 8.51. The molecule has 0 aliphatic heterocycles. The molecule has 0 bridgehead atoms. The second-order valence-electron chi connectivity index (χ2n) is 8.51. The van der Waals surface area contributed by atoms with Gasteiger partial charge in [0.25, 0.3) is 0 Å². The van der Waals surface area contributed by atoms with E-state index in [9.17, 15) is 14.7 Å². The van der Waals surface area contributed by atoms with E-state index in [-0.39, 0.29) is 29.9 Å². The first-order valence-electron chi connectivity index (χ1n) is 10.8. The van der Waals surface area contributed by atoms with Crippen LogP contribution >= 0.6 is 0 Å². The van der Waals surface area contributed by atoms with E-state index in [1.807, 2.05) is 12.1 Å². The van der Waals surface area contributed by atoms with Crippen LogP contribution in [0.5, 0.6) is 11.5 Å². The summed E-state index contributed by atoms with van der Waals surface area (Å²) in [5, 5.41) is 13.3. The van der Waals surface area contributed by atoms with Crippen molar-refractivity contribution in [2.75, 3.05) is 13.2 Å². The van der Waals surface area contributed by atoms with Gasteiger partial charge in [-0.15, -0.1) is 0 Å². The highest BCUT2D eigenvalue weighted by Gasteiger charge is 2.17. The van der Waals surface area contributed by atoms with E-state index >= 15 is 0 Å². The average Bonchev–Trinajstić information content (AvgIpc) is 2.81. The van der Waals surface area contributed by atoms with Gasteiger partial charge in [0.05, 0.1) is 11.8 Å². The van der Waals surface area contributed by atoms with Crippen molar-refractivity contribution >= 4 is 18.2 Å². The van der Waals surface area contributed by atoms with E-state index < -0.39 is 11.9 Å². The van der Waals surface area contributed by atoms with Crippen molar-refractivity contribution in [2.45, 2.75) is 26.2 Å². The molecular formula is C27H27NO6. The molecule has 0 heterocycles. The summed E-state index contributed by atoms with van der Waals surface area (Å²) in [6.45, 7) is 6.81. The predicted molar refractivity (Wildman–Crippen MR) is 129 cm³/mol. The van der Waals surface area contributed by atoms with Crippen molar-refractivity contribution in [2.24, 2.45) is 5.16 Å². The summed E-state index contributed by atoms with van der Waals surface area (Å²) < 4.78 is 10.9. The fourth-order valence-corrected chi connectivity index (χ4v) is 3.00. The monoisotopic (exact) mass is 461 g/mol. The number of aromatic carboxylic acids is 1. The number of carbonyl (C=O) groups is 2. The topological polar surface area (TPSA) is 94.4 Å². The molecule has 0 unspecified atom stereocenters. The van der Waals surface area contributed by atoms with Crippen LogP contribution < -0.4 is 9.47 Å². The summed E-state index contributed by atoms with van der Waals surface area (Å²) in [7, 11) is 0. The maximum Gasteiger partial charge on any atom is 0.343 e. The van der Waals surface area contributed by atoms with Gasteiger partial charge in [-0.2, -0.15) is 0 Å². The third-order valence-corrected chi connectivity index (χ3v) is 4.89. The number of rotatable bonds is 9. The number of hydrogen-bond acceptors (Lipinski definition) is 6. The van der Waals surface area contributed by atoms with E-state index in [1.54, 1.807) is 36.5 Å². The lowest BCUT2D eigenvalue weighted by molar-refractivity contribution is 0.0680. The van der Waals surface area contributed by atoms with Gasteiger partial charge in [0.15, 0.2) is 6.61 Å². The maximum absolute atomic E-state index is 12.3. The molecule has 0 aliphatic rings. The number of hydrogen-bond donors (Lipinski definition) is 1. The Morgan fingerprint density at radius 1 is 0.941 bits per heavy atom. The summed E-state index contributed by atoms with van der Waals surface area (Å²) in [5.74, 6) is -1.63. The molecule has 0 aliphatic carbocycles. The Balaban J connectivity index is 1.53. The zero-order valence-electron chi connectivity index (χ0n) is 19.4. The summed E-state index contributed by atoms with van der Waals surface area (Å²) in [6.07, 6.45) is 1.62. The molecule has 0 aromatic heterocycles. The molecule has 7 nitrogen and oxygen atoms in total. The van der Waals surface area contributed by atoms with E-state index in [0.717, 1.165) is 5.56 Å². The Bertz CT molecular complexity index is 1150. The first-order valence-corrected chi connectivity index (χ1v) is 10.8. The van der Waals surface area contributed by atoms with Gasteiger partial charge in [0.1, 0.15) is 23.7 Å². The molecule has 0 spiro atoms. The van der Waals surface area contributed by atoms with Crippen LogP contribution in [0.25, 0.3) is 0 Å². The normalized spacial score (nSPS) is 11.3. The van der Waals surface area contributed by atoms with Crippen LogP contribution in [0.15, 0.2) is 78.0 Å². The van der Waals surface area contributed by atoms with Gasteiger partial charge in [0.2, 0.25) is 0 Å². The van der Waals surface area contributed by atoms with Crippen LogP contribution in [-0.4, -0.2) is 36.5 Å². The van der Waals surface area contributed by atoms with E-state index in [4.69, 9.17) is 14.3 Å². The Morgan fingerprint density at radius 2 is 1.65 bits per heavy atom. The predicted octanol–water partition coefficient (Wildman–Crippen LogP) is 5.33. The minimum absolute atomic E-state index is 0.0892. The fraction of sp³-hybridized carbons (Fsp3) is 0.222. The van der Waals surface area contributed by atoms with Crippen molar-refractivity contribution in [1.82, 2.24) is 0 Å². The zero-order valence-corrected chi connectivity index (χ0v) is 19.4. The van der Waals surface area contributed by atoms with Gasteiger partial charge in [-0.3, -0.25) is 0 Å². The lowest BCUT2D eigenvalue weighted by Gasteiger charge is -2.18. The molecule has 0 atom stereocenters. The van der Waals surface area contributed by atoms with Gasteiger partial charge in [-0.25, -0.2) is 9.59 Å². The lowest BCUT2D eigenvalue weighted by Crippen LogP contribution is -2.12.